The molecular weight excluding hydrogens is 1290 g/mol. The van der Waals surface area contributed by atoms with Crippen molar-refractivity contribution in [2.24, 2.45) is 20.5 Å². The van der Waals surface area contributed by atoms with Gasteiger partial charge in [0.2, 0.25) is 34.4 Å². The third-order valence-electron chi connectivity index (χ3n) is 11.6. The van der Waals surface area contributed by atoms with Crippen LogP contribution >= 0.6 is 46.7 Å². The van der Waals surface area contributed by atoms with E-state index in [0.717, 1.165) is 36.4 Å². The normalized spacial score (nSPS) is 12.3. The van der Waals surface area contributed by atoms with Crippen LogP contribution in [-0.4, -0.2) is 146 Å². The molecule has 0 aliphatic rings. The molecule has 0 aliphatic carbocycles. The minimum Gasteiger partial charge on any atom is -0.505 e. The summed E-state index contributed by atoms with van der Waals surface area (Å²) in [6.07, 6.45) is 0. The molecule has 0 atom stereocenters. The van der Waals surface area contributed by atoms with Crippen LogP contribution < -0.4 is 26.2 Å². The SMILES string of the molecule is Nc1c(N=Nc2cc(Nc3nc(Cl)nc(N(CCSCCO)c4ccccc4)n3)ccc2S(=O)(=O)O)c(S(=O)(=O)O)cc2cc(S(=O)(=O)O)c(N=Nc3cc(Nc4nc(Cl)nc(N(CCSCCO)c5ccccc5)n4)ccc3S(=O)(=O)O)c(O)c12. The summed E-state index contributed by atoms with van der Waals surface area (Å²) in [6.45, 7) is 0.583. The molecule has 0 radical (unpaired) electrons. The van der Waals surface area contributed by atoms with Gasteiger partial charge in [-0.3, -0.25) is 18.2 Å². The summed E-state index contributed by atoms with van der Waals surface area (Å²) < 4.78 is 144. The van der Waals surface area contributed by atoms with E-state index < -0.39 is 105 Å². The fourth-order valence-corrected chi connectivity index (χ4v) is 12.1. The van der Waals surface area contributed by atoms with Crippen molar-refractivity contribution in [3.8, 4) is 5.75 Å². The van der Waals surface area contributed by atoms with E-state index in [4.69, 9.17) is 28.9 Å². The number of hydrogen-bond acceptors (Lipinski definition) is 28. The maximum absolute atomic E-state index is 13.0. The van der Waals surface area contributed by atoms with Crippen molar-refractivity contribution in [3.63, 3.8) is 0 Å². The topological polar surface area (TPSA) is 462 Å². The Bertz CT molecular complexity index is 4110. The molecule has 8 aromatic rings. The van der Waals surface area contributed by atoms with Gasteiger partial charge in [-0.25, -0.2) is 0 Å². The maximum atomic E-state index is 13.0. The summed E-state index contributed by atoms with van der Waals surface area (Å²) in [5.74, 6) is 0.375. The molecular formula is C48H45Cl2N15O15S6. The molecule has 0 amide bonds. The number of para-hydroxylation sites is 2. The number of halogens is 2. The van der Waals surface area contributed by atoms with Gasteiger partial charge in [-0.1, -0.05) is 36.4 Å². The Morgan fingerprint density at radius 2 is 0.895 bits per heavy atom. The fourth-order valence-electron chi connectivity index (χ4n) is 7.94. The summed E-state index contributed by atoms with van der Waals surface area (Å²) >= 11 is 15.6. The summed E-state index contributed by atoms with van der Waals surface area (Å²) in [6, 6.07) is 24.9. The first-order chi connectivity index (χ1) is 40.7. The van der Waals surface area contributed by atoms with E-state index >= 15 is 0 Å². The van der Waals surface area contributed by atoms with Gasteiger partial charge in [0.05, 0.1) is 24.3 Å². The highest BCUT2D eigenvalue weighted by molar-refractivity contribution is 7.99. The molecule has 0 unspecified atom stereocenters. The molecule has 86 heavy (non-hydrogen) atoms. The number of azo groups is 2. The first-order valence-electron chi connectivity index (χ1n) is 24.3. The quantitative estimate of drug-likeness (QED) is 0.0105. The molecule has 0 spiro atoms. The van der Waals surface area contributed by atoms with Crippen LogP contribution in [0.4, 0.5) is 75.0 Å². The zero-order chi connectivity index (χ0) is 62.1. The van der Waals surface area contributed by atoms with Crippen molar-refractivity contribution < 1.29 is 67.2 Å². The lowest BCUT2D eigenvalue weighted by Gasteiger charge is -2.23. The van der Waals surface area contributed by atoms with Crippen LogP contribution in [0.2, 0.25) is 10.6 Å². The minimum atomic E-state index is -5.53. The number of nitrogens with zero attached hydrogens (tertiary/aromatic N) is 12. The van der Waals surface area contributed by atoms with Gasteiger partial charge in [0.25, 0.3) is 40.5 Å². The molecule has 8 rings (SSSR count). The van der Waals surface area contributed by atoms with Crippen LogP contribution in [0.5, 0.6) is 5.75 Å². The smallest absolute Gasteiger partial charge is 0.296 e. The minimum absolute atomic E-state index is 0.0473. The van der Waals surface area contributed by atoms with Crippen molar-refractivity contribution in [1.82, 2.24) is 29.9 Å². The lowest BCUT2D eigenvalue weighted by Crippen LogP contribution is -2.23. The zero-order valence-electron chi connectivity index (χ0n) is 43.6. The summed E-state index contributed by atoms with van der Waals surface area (Å²) in [7, 11) is -21.4. The predicted octanol–water partition coefficient (Wildman–Crippen LogP) is 8.84. The van der Waals surface area contributed by atoms with Gasteiger partial charge in [0.1, 0.15) is 42.3 Å². The number of rotatable bonds is 26. The molecule has 6 aromatic carbocycles. The Labute approximate surface area is 507 Å². The standard InChI is InChI=1S/C48H45Cl2N15O15S6/c49-43-54-45(58-47(56-43)64(15-19-81-21-17-66)30-7-3-1-4-8-30)52-28-11-13-34(83(69,70)71)32(25-28)60-62-40-36(85(75,76)77)23-27-24-37(86(78,79)80)41(42(68)38(27)39(40)51)63-61-33-26-29(12-14-35(33)84(72,73)74)53-46-55-44(50)57-48(59-46)65(16-20-82-22-18-67)31-9-5-2-6-10-31/h1-14,23-26,66-68H,15-22,51H2,(H,69,70,71)(H,72,73,74)(H,75,76,77)(H,78,79,80)(H,52,54,56,58)(H,53,55,57,59). The highest BCUT2D eigenvalue weighted by Gasteiger charge is 2.29. The number of phenolic OH excluding ortho intramolecular Hbond substituents is 1. The number of aromatic nitrogens is 6. The highest BCUT2D eigenvalue weighted by Crippen LogP contribution is 2.49. The summed E-state index contributed by atoms with van der Waals surface area (Å²) in [5.41, 5.74) is 3.01. The molecule has 30 nitrogen and oxygen atoms in total. The van der Waals surface area contributed by atoms with E-state index in [9.17, 15) is 67.2 Å². The van der Waals surface area contributed by atoms with Gasteiger partial charge in [-0.15, -0.1) is 20.5 Å². The number of anilines is 9. The first-order valence-corrected chi connectivity index (χ1v) is 33.1. The number of aliphatic hydroxyl groups is 2. The number of benzene rings is 6. The monoisotopic (exact) mass is 1330 g/mol. The van der Waals surface area contributed by atoms with Crippen molar-refractivity contribution in [2.45, 2.75) is 19.6 Å². The average Bonchev–Trinajstić information content (AvgIpc) is 0.953. The average molecular weight is 1340 g/mol. The Morgan fingerprint density at radius 3 is 1.29 bits per heavy atom. The van der Waals surface area contributed by atoms with Crippen LogP contribution in [0, 0.1) is 0 Å². The van der Waals surface area contributed by atoms with Crippen molar-refractivity contribution >= 4 is 173 Å². The molecule has 0 bridgehead atoms. The van der Waals surface area contributed by atoms with Gasteiger partial charge in [-0.05, 0) is 101 Å². The van der Waals surface area contributed by atoms with E-state index in [1.165, 1.54) is 23.5 Å². The largest absolute Gasteiger partial charge is 0.505 e. The van der Waals surface area contributed by atoms with Gasteiger partial charge >= 0.3 is 0 Å². The lowest BCUT2D eigenvalue weighted by atomic mass is 10.1. The first kappa shape index (κ1) is 64.4. The van der Waals surface area contributed by atoms with Crippen molar-refractivity contribution in [1.29, 1.82) is 0 Å². The second kappa shape index (κ2) is 27.4. The molecule has 0 saturated heterocycles. The summed E-state index contributed by atoms with van der Waals surface area (Å²) in [5, 5.41) is 49.3. The van der Waals surface area contributed by atoms with Crippen molar-refractivity contribution in [2.75, 3.05) is 75.5 Å². The van der Waals surface area contributed by atoms with Crippen molar-refractivity contribution in [3.05, 3.63) is 120 Å². The van der Waals surface area contributed by atoms with Crippen LogP contribution in [0.25, 0.3) is 10.8 Å². The zero-order valence-corrected chi connectivity index (χ0v) is 50.0. The van der Waals surface area contributed by atoms with Crippen LogP contribution in [0.3, 0.4) is 0 Å². The molecule has 0 saturated carbocycles. The number of aromatic hydroxyl groups is 1. The number of hydrogen-bond donors (Lipinski definition) is 10. The number of nitrogens with two attached hydrogens (primary N) is 1. The molecule has 11 N–H and O–H groups in total. The lowest BCUT2D eigenvalue weighted by molar-refractivity contribution is 0.322. The number of nitrogens with one attached hydrogen (secondary N) is 2. The Morgan fingerprint density at radius 1 is 0.500 bits per heavy atom. The van der Waals surface area contributed by atoms with Crippen LogP contribution in [-0.2, 0) is 40.5 Å². The second-order valence-corrected chi connectivity index (χ2v) is 26.0. The molecule has 38 heteroatoms. The Kier molecular flexibility index (Phi) is 20.6. The van der Waals surface area contributed by atoms with Gasteiger partial charge < -0.3 is 41.5 Å². The molecule has 0 aliphatic heterocycles. The van der Waals surface area contributed by atoms with E-state index in [-0.39, 0.29) is 58.9 Å². The molecule has 2 heterocycles. The Balaban J connectivity index is 1.19. The highest BCUT2D eigenvalue weighted by atomic mass is 35.5. The fraction of sp³-hybridized carbons (Fsp3) is 0.167. The van der Waals surface area contributed by atoms with Crippen LogP contribution in [0.1, 0.15) is 0 Å². The van der Waals surface area contributed by atoms with Gasteiger partial charge in [0.15, 0.2) is 5.75 Å². The van der Waals surface area contributed by atoms with E-state index in [1.807, 2.05) is 0 Å². The second-order valence-electron chi connectivity index (χ2n) is 17.3. The van der Waals surface area contributed by atoms with Gasteiger partial charge in [-0.2, -0.15) is 87.1 Å². The number of thioether (sulfide) groups is 2. The number of fused-ring (bicyclic) bond motifs is 1. The Hall–Kier alpha value is -7.56. The van der Waals surface area contributed by atoms with E-state index in [2.05, 4.69) is 61.0 Å². The molecule has 2 aromatic heterocycles. The van der Waals surface area contributed by atoms with Gasteiger partial charge in [0, 0.05) is 58.9 Å². The van der Waals surface area contributed by atoms with Crippen LogP contribution in [0.15, 0.2) is 149 Å². The number of aliphatic hydroxyl groups excluding tert-OH is 2. The number of nitrogen functional groups attached to an aromatic ring is 1. The molecule has 0 fully saturated rings. The number of phenols is 1. The summed E-state index contributed by atoms with van der Waals surface area (Å²) in [4.78, 5) is 24.7. The van der Waals surface area contributed by atoms with E-state index in [0.29, 0.717) is 59.6 Å². The maximum Gasteiger partial charge on any atom is 0.296 e. The third kappa shape index (κ3) is 16.1. The predicted molar refractivity (Wildman–Crippen MR) is 322 cm³/mol. The molecule has 452 valence electrons. The van der Waals surface area contributed by atoms with E-state index in [1.54, 1.807) is 70.5 Å². The third-order valence-corrected chi connectivity index (χ3v) is 17.3.